The Kier molecular flexibility index (Phi) is 3.41. The number of aromatic nitrogens is 1. The zero-order valence-electron chi connectivity index (χ0n) is 18.7. The lowest BCUT2D eigenvalue weighted by Crippen LogP contribution is -1.88. The Morgan fingerprint density at radius 3 is 2.21 bits per heavy atom. The van der Waals surface area contributed by atoms with E-state index in [2.05, 4.69) is 115 Å². The van der Waals surface area contributed by atoms with Crippen LogP contribution in [-0.2, 0) is 11.8 Å². The lowest BCUT2D eigenvalue weighted by molar-refractivity contribution is 0.437. The van der Waals surface area contributed by atoms with E-state index >= 15 is 0 Å². The van der Waals surface area contributed by atoms with E-state index in [1.165, 1.54) is 66.0 Å². The zero-order valence-corrected chi connectivity index (χ0v) is 18.7. The maximum atomic E-state index is 6.33. The van der Waals surface area contributed by atoms with Crippen molar-refractivity contribution in [1.82, 2.24) is 4.57 Å². The number of rotatable bonds is 1. The second-order valence-corrected chi connectivity index (χ2v) is 9.32. The van der Waals surface area contributed by atoms with Crippen molar-refractivity contribution >= 4 is 38.2 Å². The summed E-state index contributed by atoms with van der Waals surface area (Å²) in [6, 6.07) is 37.1. The molecule has 2 heteroatoms. The minimum atomic E-state index is 0.0252. The van der Waals surface area contributed by atoms with E-state index in [-0.39, 0.29) is 6.10 Å². The summed E-state index contributed by atoms with van der Waals surface area (Å²) in [5, 5.41) is 5.23. The van der Waals surface area contributed by atoms with Crippen molar-refractivity contribution in [1.29, 1.82) is 0 Å². The summed E-state index contributed by atoms with van der Waals surface area (Å²) in [7, 11) is 2.18. The highest BCUT2D eigenvalue weighted by atomic mass is 16.6. The predicted molar refractivity (Wildman–Crippen MR) is 140 cm³/mol. The van der Waals surface area contributed by atoms with Gasteiger partial charge in [0, 0.05) is 45.6 Å². The van der Waals surface area contributed by atoms with Crippen molar-refractivity contribution in [3.63, 3.8) is 0 Å². The average molecular weight is 436 g/mol. The first-order valence-electron chi connectivity index (χ1n) is 11.8. The van der Waals surface area contributed by atoms with Crippen LogP contribution in [0.4, 0.5) is 0 Å². The topological polar surface area (TPSA) is 17.5 Å². The summed E-state index contributed by atoms with van der Waals surface area (Å²) in [6.45, 7) is 0. The third kappa shape index (κ3) is 2.25. The van der Waals surface area contributed by atoms with Gasteiger partial charge in [-0.15, -0.1) is 0 Å². The molecule has 1 atom stereocenters. The van der Waals surface area contributed by atoms with Crippen molar-refractivity contribution in [2.45, 2.75) is 6.10 Å². The Morgan fingerprint density at radius 2 is 1.32 bits per heavy atom. The molecule has 1 aliphatic carbocycles. The van der Waals surface area contributed by atoms with Crippen LogP contribution < -0.4 is 0 Å². The largest absolute Gasteiger partial charge is 0.477 e. The van der Waals surface area contributed by atoms with Crippen LogP contribution in [0, 0.1) is 0 Å². The molecule has 0 spiro atoms. The molecule has 1 saturated heterocycles. The minimum absolute atomic E-state index is 0.0252. The van der Waals surface area contributed by atoms with Crippen LogP contribution in [0.5, 0.6) is 0 Å². The molecule has 0 amide bonds. The molecule has 1 fully saturated rings. The standard InChI is InChI=1S/C32H21NO/c1-33-25-17-15-19-9-5-6-12-21(19)27(25)30-26(33)18-16-24-22-13-7-8-14-23(22)29(28(24)30)32-31(34-32)20-10-3-2-4-11-20/h2-18,31H,1H3/b32-29+. The van der Waals surface area contributed by atoms with Crippen molar-refractivity contribution < 1.29 is 4.74 Å². The van der Waals surface area contributed by atoms with E-state index < -0.39 is 0 Å². The summed E-state index contributed by atoms with van der Waals surface area (Å²) < 4.78 is 8.67. The van der Waals surface area contributed by atoms with Crippen LogP contribution >= 0.6 is 0 Å². The van der Waals surface area contributed by atoms with E-state index in [1.54, 1.807) is 0 Å². The Bertz CT molecular complexity index is 1840. The van der Waals surface area contributed by atoms with Crippen molar-refractivity contribution in [2.75, 3.05) is 0 Å². The summed E-state index contributed by atoms with van der Waals surface area (Å²) >= 11 is 0. The minimum Gasteiger partial charge on any atom is -0.477 e. The van der Waals surface area contributed by atoms with Crippen LogP contribution in [0.2, 0.25) is 0 Å². The van der Waals surface area contributed by atoms with Gasteiger partial charge in [-0.25, -0.2) is 0 Å². The molecule has 2 aliphatic rings. The van der Waals surface area contributed by atoms with E-state index in [1.807, 2.05) is 0 Å². The maximum Gasteiger partial charge on any atom is 0.181 e. The van der Waals surface area contributed by atoms with Gasteiger partial charge in [0.15, 0.2) is 11.9 Å². The number of aryl methyl sites for hydroxylation is 1. The fourth-order valence-electron chi connectivity index (χ4n) is 6.00. The molecule has 8 rings (SSSR count). The number of nitrogens with zero attached hydrogens (tertiary/aromatic N) is 1. The van der Waals surface area contributed by atoms with Gasteiger partial charge < -0.3 is 9.30 Å². The summed E-state index contributed by atoms with van der Waals surface area (Å²) in [4.78, 5) is 0. The molecule has 1 aliphatic heterocycles. The number of hydrogen-bond acceptors (Lipinski definition) is 1. The molecule has 0 saturated carbocycles. The lowest BCUT2D eigenvalue weighted by Gasteiger charge is -2.06. The third-order valence-corrected chi connectivity index (χ3v) is 7.57. The molecular formula is C32H21NO. The number of benzene rings is 5. The molecular weight excluding hydrogens is 414 g/mol. The van der Waals surface area contributed by atoms with Crippen LogP contribution in [0.25, 0.3) is 49.3 Å². The molecule has 0 radical (unpaired) electrons. The average Bonchev–Trinajstić information content (AvgIpc) is 3.53. The Labute approximate surface area is 197 Å². The lowest BCUT2D eigenvalue weighted by atomic mass is 9.94. The Morgan fingerprint density at radius 1 is 0.618 bits per heavy atom. The van der Waals surface area contributed by atoms with Crippen LogP contribution in [0.1, 0.15) is 22.8 Å². The first-order chi connectivity index (χ1) is 16.8. The fourth-order valence-corrected chi connectivity index (χ4v) is 6.00. The quantitative estimate of drug-likeness (QED) is 0.239. The van der Waals surface area contributed by atoms with Gasteiger partial charge in [0.2, 0.25) is 0 Å². The normalized spacial score (nSPS) is 18.3. The highest BCUT2D eigenvalue weighted by molar-refractivity contribution is 6.26. The summed E-state index contributed by atoms with van der Waals surface area (Å²) in [6.07, 6.45) is 0.0252. The van der Waals surface area contributed by atoms with Gasteiger partial charge in [-0.05, 0) is 39.6 Å². The summed E-state index contributed by atoms with van der Waals surface area (Å²) in [5.41, 5.74) is 10.2. The monoisotopic (exact) mass is 435 g/mol. The second kappa shape index (κ2) is 6.39. The number of hydrogen-bond donors (Lipinski definition) is 0. The van der Waals surface area contributed by atoms with Crippen molar-refractivity contribution in [2.24, 2.45) is 7.05 Å². The van der Waals surface area contributed by atoms with Gasteiger partial charge in [0.25, 0.3) is 0 Å². The first kappa shape index (κ1) is 18.2. The van der Waals surface area contributed by atoms with Gasteiger partial charge in [-0.3, -0.25) is 0 Å². The van der Waals surface area contributed by atoms with Gasteiger partial charge in [0.1, 0.15) is 0 Å². The SMILES string of the molecule is Cn1c2ccc3c(c2c2c4ccccc4ccc21)/C(=C1/OC1c1ccccc1)c1ccccc1-3. The second-order valence-electron chi connectivity index (χ2n) is 9.32. The predicted octanol–water partition coefficient (Wildman–Crippen LogP) is 8.00. The molecule has 0 bridgehead atoms. The van der Waals surface area contributed by atoms with Gasteiger partial charge in [-0.1, -0.05) is 91.0 Å². The molecule has 1 unspecified atom stereocenters. The molecule has 160 valence electrons. The maximum absolute atomic E-state index is 6.33. The molecule has 6 aromatic rings. The van der Waals surface area contributed by atoms with E-state index in [0.717, 1.165) is 5.76 Å². The summed E-state index contributed by atoms with van der Waals surface area (Å²) in [5.74, 6) is 1.09. The first-order valence-corrected chi connectivity index (χ1v) is 11.8. The molecule has 5 aromatic carbocycles. The highest BCUT2D eigenvalue weighted by Gasteiger charge is 2.42. The van der Waals surface area contributed by atoms with Gasteiger partial charge in [-0.2, -0.15) is 0 Å². The smallest absolute Gasteiger partial charge is 0.181 e. The van der Waals surface area contributed by atoms with E-state index in [9.17, 15) is 0 Å². The Balaban J connectivity index is 1.54. The number of epoxide rings is 1. The molecule has 0 N–H and O–H groups in total. The van der Waals surface area contributed by atoms with Crippen molar-refractivity contribution in [3.8, 4) is 11.1 Å². The fraction of sp³-hybridized carbons (Fsp3) is 0.0625. The zero-order chi connectivity index (χ0) is 22.4. The van der Waals surface area contributed by atoms with E-state index in [0.29, 0.717) is 0 Å². The van der Waals surface area contributed by atoms with Crippen LogP contribution in [-0.4, -0.2) is 4.57 Å². The number of ether oxygens (including phenoxy) is 1. The van der Waals surface area contributed by atoms with Gasteiger partial charge >= 0.3 is 0 Å². The molecule has 2 nitrogen and oxygen atoms in total. The molecule has 2 heterocycles. The third-order valence-electron chi connectivity index (χ3n) is 7.57. The highest BCUT2D eigenvalue weighted by Crippen LogP contribution is 2.57. The Hall–Kier alpha value is -4.30. The van der Waals surface area contributed by atoms with Crippen molar-refractivity contribution in [3.05, 3.63) is 126 Å². The van der Waals surface area contributed by atoms with Gasteiger partial charge in [0.05, 0.1) is 0 Å². The molecule has 1 aromatic heterocycles. The number of fused-ring (bicyclic) bond motifs is 9. The van der Waals surface area contributed by atoms with Crippen LogP contribution in [0.3, 0.4) is 0 Å². The molecule has 34 heavy (non-hydrogen) atoms. The van der Waals surface area contributed by atoms with Crippen LogP contribution in [0.15, 0.2) is 109 Å². The van der Waals surface area contributed by atoms with E-state index in [4.69, 9.17) is 4.74 Å².